The van der Waals surface area contributed by atoms with Gasteiger partial charge in [0.05, 0.1) is 5.69 Å². The molecule has 0 aromatic carbocycles. The van der Waals surface area contributed by atoms with Crippen molar-refractivity contribution in [3.63, 3.8) is 0 Å². The summed E-state index contributed by atoms with van der Waals surface area (Å²) >= 11 is 0. The van der Waals surface area contributed by atoms with Gasteiger partial charge in [0.2, 0.25) is 5.91 Å². The van der Waals surface area contributed by atoms with Gasteiger partial charge in [-0.15, -0.1) is 0 Å². The Morgan fingerprint density at radius 3 is 3.00 bits per heavy atom. The van der Waals surface area contributed by atoms with Crippen LogP contribution < -0.4 is 5.32 Å². The molecule has 1 fully saturated rings. The maximum absolute atomic E-state index is 10.9. The van der Waals surface area contributed by atoms with E-state index < -0.39 is 0 Å². The number of pyridine rings is 1. The van der Waals surface area contributed by atoms with Gasteiger partial charge in [-0.05, 0) is 36.9 Å². The lowest BCUT2D eigenvalue weighted by molar-refractivity contribution is -0.119. The Kier molecular flexibility index (Phi) is 4.91. The first kappa shape index (κ1) is 14.0. The molecule has 0 saturated carbocycles. The molecule has 1 atom stereocenters. The van der Waals surface area contributed by atoms with Crippen molar-refractivity contribution in [1.82, 2.24) is 15.2 Å². The number of carbonyl (C=O) groups excluding carboxylic acids is 1. The first-order valence-electron chi connectivity index (χ1n) is 7.08. The van der Waals surface area contributed by atoms with Gasteiger partial charge in [-0.3, -0.25) is 14.7 Å². The largest absolute Gasteiger partial charge is 0.356 e. The van der Waals surface area contributed by atoms with Gasteiger partial charge in [0, 0.05) is 32.8 Å². The summed E-state index contributed by atoms with van der Waals surface area (Å²) < 4.78 is 0. The summed E-state index contributed by atoms with van der Waals surface area (Å²) in [5.41, 5.74) is 2.42. The number of hydrogen-bond acceptors (Lipinski definition) is 3. The van der Waals surface area contributed by atoms with Crippen molar-refractivity contribution in [2.45, 2.75) is 33.2 Å². The van der Waals surface area contributed by atoms with E-state index in [4.69, 9.17) is 0 Å². The molecule has 2 heterocycles. The zero-order valence-corrected chi connectivity index (χ0v) is 11.9. The number of likely N-dealkylation sites (tertiary alicyclic amines) is 1. The molecule has 1 amide bonds. The predicted octanol–water partition coefficient (Wildman–Crippen LogP) is 1.60. The number of aromatic nitrogens is 1. The summed E-state index contributed by atoms with van der Waals surface area (Å²) in [4.78, 5) is 17.8. The fourth-order valence-corrected chi connectivity index (χ4v) is 2.50. The molecule has 4 nitrogen and oxygen atoms in total. The minimum absolute atomic E-state index is 0.0651. The van der Waals surface area contributed by atoms with Crippen molar-refractivity contribution in [2.75, 3.05) is 19.6 Å². The smallest absolute Gasteiger partial charge is 0.216 e. The number of nitrogens with one attached hydrogen (secondary N) is 1. The van der Waals surface area contributed by atoms with Crippen LogP contribution in [0.15, 0.2) is 18.3 Å². The number of carbonyl (C=O) groups is 1. The fraction of sp³-hybridized carbons (Fsp3) is 0.600. The molecule has 0 unspecified atom stereocenters. The Hall–Kier alpha value is -1.42. The first-order valence-corrected chi connectivity index (χ1v) is 7.08. The van der Waals surface area contributed by atoms with E-state index in [1.807, 2.05) is 6.20 Å². The van der Waals surface area contributed by atoms with Gasteiger partial charge in [0.1, 0.15) is 0 Å². The van der Waals surface area contributed by atoms with Crippen LogP contribution in [0.1, 0.15) is 31.5 Å². The molecule has 1 aromatic rings. The van der Waals surface area contributed by atoms with E-state index in [1.54, 1.807) is 6.92 Å². The summed E-state index contributed by atoms with van der Waals surface area (Å²) in [6.45, 7) is 7.59. The van der Waals surface area contributed by atoms with E-state index >= 15 is 0 Å². The molecule has 19 heavy (non-hydrogen) atoms. The highest BCUT2D eigenvalue weighted by Crippen LogP contribution is 2.17. The fourth-order valence-electron chi connectivity index (χ4n) is 2.50. The Labute approximate surface area is 115 Å². The third-order valence-corrected chi connectivity index (χ3v) is 3.69. The van der Waals surface area contributed by atoms with E-state index in [2.05, 4.69) is 34.3 Å². The standard InChI is InChI=1S/C15H23N3O/c1-3-13-4-5-15(17-8-13)11-18-7-6-14(10-18)9-16-12(2)19/h4-5,8,14H,3,6-7,9-11H2,1-2H3,(H,16,19)/t14-/m0/s1. The Morgan fingerprint density at radius 2 is 2.37 bits per heavy atom. The molecule has 2 rings (SSSR count). The second kappa shape index (κ2) is 6.66. The van der Waals surface area contributed by atoms with Crippen LogP contribution >= 0.6 is 0 Å². The zero-order valence-electron chi connectivity index (χ0n) is 11.9. The van der Waals surface area contributed by atoms with E-state index in [0.717, 1.165) is 44.7 Å². The molecule has 4 heteroatoms. The summed E-state index contributed by atoms with van der Waals surface area (Å²) in [5, 5.41) is 2.91. The van der Waals surface area contributed by atoms with Gasteiger partial charge in [-0.25, -0.2) is 0 Å². The van der Waals surface area contributed by atoms with E-state index in [9.17, 15) is 4.79 Å². The lowest BCUT2D eigenvalue weighted by Gasteiger charge is -2.15. The van der Waals surface area contributed by atoms with Gasteiger partial charge in [0.15, 0.2) is 0 Å². The van der Waals surface area contributed by atoms with Crippen LogP contribution in [0.3, 0.4) is 0 Å². The van der Waals surface area contributed by atoms with Crippen LogP contribution in [0.25, 0.3) is 0 Å². The highest BCUT2D eigenvalue weighted by molar-refractivity contribution is 5.72. The topological polar surface area (TPSA) is 45.2 Å². The average molecular weight is 261 g/mol. The minimum atomic E-state index is 0.0651. The van der Waals surface area contributed by atoms with Crippen molar-refractivity contribution < 1.29 is 4.79 Å². The summed E-state index contributed by atoms with van der Waals surface area (Å²) in [7, 11) is 0. The monoisotopic (exact) mass is 261 g/mol. The Morgan fingerprint density at radius 1 is 1.53 bits per heavy atom. The van der Waals surface area contributed by atoms with Crippen LogP contribution in [0, 0.1) is 5.92 Å². The van der Waals surface area contributed by atoms with Crippen LogP contribution in [-0.2, 0) is 17.8 Å². The molecule has 0 radical (unpaired) electrons. The summed E-state index contributed by atoms with van der Waals surface area (Å²) in [5.74, 6) is 0.647. The molecule has 1 aliphatic rings. The van der Waals surface area contributed by atoms with Crippen molar-refractivity contribution in [3.8, 4) is 0 Å². The normalized spacial score (nSPS) is 19.6. The minimum Gasteiger partial charge on any atom is -0.356 e. The van der Waals surface area contributed by atoms with E-state index in [0.29, 0.717) is 5.92 Å². The van der Waals surface area contributed by atoms with E-state index in [1.165, 1.54) is 5.56 Å². The molecule has 0 aliphatic carbocycles. The van der Waals surface area contributed by atoms with Crippen LogP contribution in [0.5, 0.6) is 0 Å². The molecular formula is C15H23N3O. The first-order chi connectivity index (χ1) is 9.17. The molecule has 1 saturated heterocycles. The third-order valence-electron chi connectivity index (χ3n) is 3.69. The lowest BCUT2D eigenvalue weighted by Crippen LogP contribution is -2.29. The molecule has 0 bridgehead atoms. The third kappa shape index (κ3) is 4.31. The molecule has 1 aromatic heterocycles. The number of aryl methyl sites for hydroxylation is 1. The number of rotatable bonds is 5. The highest BCUT2D eigenvalue weighted by atomic mass is 16.1. The van der Waals surface area contributed by atoms with Crippen LogP contribution in [0.4, 0.5) is 0 Å². The van der Waals surface area contributed by atoms with Gasteiger partial charge >= 0.3 is 0 Å². The summed E-state index contributed by atoms with van der Waals surface area (Å²) in [6, 6.07) is 4.28. The number of amides is 1. The maximum atomic E-state index is 10.9. The second-order valence-corrected chi connectivity index (χ2v) is 5.34. The molecule has 104 valence electrons. The van der Waals surface area contributed by atoms with Crippen molar-refractivity contribution >= 4 is 5.91 Å². The molecular weight excluding hydrogens is 238 g/mol. The quantitative estimate of drug-likeness (QED) is 0.875. The lowest BCUT2D eigenvalue weighted by atomic mass is 10.1. The summed E-state index contributed by atoms with van der Waals surface area (Å²) in [6.07, 6.45) is 4.17. The highest BCUT2D eigenvalue weighted by Gasteiger charge is 2.22. The van der Waals surface area contributed by atoms with Crippen molar-refractivity contribution in [2.24, 2.45) is 5.92 Å². The van der Waals surface area contributed by atoms with Gasteiger partial charge in [0.25, 0.3) is 0 Å². The second-order valence-electron chi connectivity index (χ2n) is 5.34. The van der Waals surface area contributed by atoms with Crippen molar-refractivity contribution in [1.29, 1.82) is 0 Å². The molecule has 0 spiro atoms. The Bertz CT molecular complexity index is 416. The van der Waals surface area contributed by atoms with Gasteiger partial charge in [-0.2, -0.15) is 0 Å². The molecule has 1 aliphatic heterocycles. The SMILES string of the molecule is CCc1ccc(CN2CC[C@@H](CNC(C)=O)C2)nc1. The number of nitrogens with zero attached hydrogens (tertiary/aromatic N) is 2. The molecule has 1 N–H and O–H groups in total. The Balaban J connectivity index is 1.79. The van der Waals surface area contributed by atoms with Crippen LogP contribution in [0.2, 0.25) is 0 Å². The van der Waals surface area contributed by atoms with Gasteiger partial charge < -0.3 is 5.32 Å². The number of hydrogen-bond donors (Lipinski definition) is 1. The average Bonchev–Trinajstić information content (AvgIpc) is 2.85. The predicted molar refractivity (Wildman–Crippen MR) is 75.7 cm³/mol. The van der Waals surface area contributed by atoms with E-state index in [-0.39, 0.29) is 5.91 Å². The van der Waals surface area contributed by atoms with Crippen LogP contribution in [-0.4, -0.2) is 35.4 Å². The van der Waals surface area contributed by atoms with Gasteiger partial charge in [-0.1, -0.05) is 13.0 Å². The van der Waals surface area contributed by atoms with Crippen molar-refractivity contribution in [3.05, 3.63) is 29.6 Å². The maximum Gasteiger partial charge on any atom is 0.216 e. The zero-order chi connectivity index (χ0) is 13.7.